The fourth-order valence-electron chi connectivity index (χ4n) is 4.01. The van der Waals surface area contributed by atoms with Crippen molar-refractivity contribution in [1.82, 2.24) is 5.32 Å². The van der Waals surface area contributed by atoms with E-state index in [9.17, 15) is 9.90 Å². The third-order valence-electron chi connectivity index (χ3n) is 5.42. The molecule has 130 valence electrons. The molecule has 1 aromatic rings. The van der Waals surface area contributed by atoms with Crippen molar-refractivity contribution in [2.75, 3.05) is 5.32 Å². The van der Waals surface area contributed by atoms with Gasteiger partial charge in [0.2, 0.25) is 5.91 Å². The van der Waals surface area contributed by atoms with Gasteiger partial charge in [-0.1, -0.05) is 31.2 Å². The first-order valence-corrected chi connectivity index (χ1v) is 8.77. The van der Waals surface area contributed by atoms with Crippen LogP contribution < -0.4 is 10.6 Å². The maximum absolute atomic E-state index is 12.9. The van der Waals surface area contributed by atoms with Gasteiger partial charge in [0.25, 0.3) is 0 Å². The number of benzene rings is 1. The molecule has 0 radical (unpaired) electrons. The van der Waals surface area contributed by atoms with Crippen LogP contribution in [-0.4, -0.2) is 28.2 Å². The zero-order chi connectivity index (χ0) is 17.5. The van der Waals surface area contributed by atoms with Gasteiger partial charge in [0, 0.05) is 12.1 Å². The topological polar surface area (TPSA) is 61.4 Å². The summed E-state index contributed by atoms with van der Waals surface area (Å²) in [6, 6.07) is 7.91. The highest BCUT2D eigenvalue weighted by Crippen LogP contribution is 2.43. The maximum Gasteiger partial charge on any atom is 0.245 e. The lowest BCUT2D eigenvalue weighted by Gasteiger charge is -2.47. The molecule has 1 fully saturated rings. The number of aryl methyl sites for hydroxylation is 1. The smallest absolute Gasteiger partial charge is 0.245 e. The molecule has 4 heteroatoms. The Morgan fingerprint density at radius 3 is 2.62 bits per heavy atom. The van der Waals surface area contributed by atoms with Crippen molar-refractivity contribution in [2.24, 2.45) is 5.92 Å². The summed E-state index contributed by atoms with van der Waals surface area (Å²) in [5, 5.41) is 17.1. The average Bonchev–Trinajstić information content (AvgIpc) is 2.48. The van der Waals surface area contributed by atoms with E-state index in [1.807, 2.05) is 45.0 Å². The molecule has 4 rings (SSSR count). The highest BCUT2D eigenvalue weighted by atomic mass is 16.3. The average molecular weight is 328 g/mol. The number of aliphatic hydroxyl groups is 1. The van der Waals surface area contributed by atoms with Crippen LogP contribution in [0.3, 0.4) is 0 Å². The molecule has 0 heterocycles. The fraction of sp³-hybridized carbons (Fsp3) is 0.550. The summed E-state index contributed by atoms with van der Waals surface area (Å²) in [7, 11) is 0. The molecule has 1 unspecified atom stereocenters. The molecule has 2 bridgehead atoms. The minimum absolute atomic E-state index is 0.0417. The van der Waals surface area contributed by atoms with Crippen LogP contribution in [0.25, 0.3) is 0 Å². The molecule has 3 N–H and O–H groups in total. The number of amides is 1. The number of para-hydroxylation sites is 1. The number of anilines is 1. The second kappa shape index (κ2) is 5.92. The Kier molecular flexibility index (Phi) is 4.20. The molecule has 3 aliphatic rings. The summed E-state index contributed by atoms with van der Waals surface area (Å²) in [5.74, 6) is 0.287. The van der Waals surface area contributed by atoms with Gasteiger partial charge in [-0.3, -0.25) is 4.79 Å². The molecular formula is C20H28N2O2. The Hall–Kier alpha value is -1.81. The summed E-state index contributed by atoms with van der Waals surface area (Å²) in [4.78, 5) is 12.9. The van der Waals surface area contributed by atoms with Crippen LogP contribution in [0.15, 0.2) is 35.9 Å². The molecule has 1 saturated carbocycles. The first-order chi connectivity index (χ1) is 11.2. The van der Waals surface area contributed by atoms with Crippen molar-refractivity contribution in [3.63, 3.8) is 0 Å². The van der Waals surface area contributed by atoms with Gasteiger partial charge in [-0.05, 0) is 56.7 Å². The van der Waals surface area contributed by atoms with E-state index in [0.717, 1.165) is 17.7 Å². The molecule has 0 aliphatic heterocycles. The lowest BCUT2D eigenvalue weighted by molar-refractivity contribution is -0.126. The number of carbonyl (C=O) groups excluding carboxylic acids is 1. The quantitative estimate of drug-likeness (QED) is 0.744. The normalized spacial score (nSPS) is 29.1. The third kappa shape index (κ3) is 3.20. The van der Waals surface area contributed by atoms with E-state index in [2.05, 4.69) is 23.6 Å². The molecule has 3 atom stereocenters. The minimum atomic E-state index is -0.727. The van der Waals surface area contributed by atoms with Crippen LogP contribution in [0.2, 0.25) is 0 Å². The predicted octanol–water partition coefficient (Wildman–Crippen LogP) is 3.16. The van der Waals surface area contributed by atoms with E-state index < -0.39 is 11.1 Å². The van der Waals surface area contributed by atoms with E-state index in [1.165, 1.54) is 5.57 Å². The monoisotopic (exact) mass is 328 g/mol. The van der Waals surface area contributed by atoms with Gasteiger partial charge in [-0.15, -0.1) is 0 Å². The van der Waals surface area contributed by atoms with Crippen molar-refractivity contribution in [3.05, 3.63) is 41.5 Å². The minimum Gasteiger partial charge on any atom is -0.389 e. The SMILES string of the molecule is Cc1ccccc1NC(C)(C)C(=O)NC1C[C@@]2(O)CC=C1[C@H](C)C2. The molecule has 4 nitrogen and oxygen atoms in total. The Balaban J connectivity index is 1.71. The van der Waals surface area contributed by atoms with Gasteiger partial charge in [-0.25, -0.2) is 0 Å². The van der Waals surface area contributed by atoms with Crippen molar-refractivity contribution >= 4 is 11.6 Å². The highest BCUT2D eigenvalue weighted by molar-refractivity contribution is 5.89. The van der Waals surface area contributed by atoms with Crippen LogP contribution >= 0.6 is 0 Å². The van der Waals surface area contributed by atoms with Crippen LogP contribution in [0, 0.1) is 12.8 Å². The van der Waals surface area contributed by atoms with Crippen LogP contribution in [0.4, 0.5) is 5.69 Å². The molecule has 1 amide bonds. The predicted molar refractivity (Wildman–Crippen MR) is 96.9 cm³/mol. The van der Waals surface area contributed by atoms with Gasteiger partial charge < -0.3 is 15.7 Å². The molecule has 24 heavy (non-hydrogen) atoms. The van der Waals surface area contributed by atoms with Gasteiger partial charge in [0.1, 0.15) is 5.54 Å². The molecule has 0 spiro atoms. The molecule has 0 aromatic heterocycles. The second-order valence-electron chi connectivity index (χ2n) is 8.03. The zero-order valence-corrected chi connectivity index (χ0v) is 15.0. The Morgan fingerprint density at radius 1 is 1.29 bits per heavy atom. The lowest BCUT2D eigenvalue weighted by atomic mass is 9.66. The van der Waals surface area contributed by atoms with E-state index >= 15 is 0 Å². The maximum atomic E-state index is 12.9. The Morgan fingerprint density at radius 2 is 2.00 bits per heavy atom. The summed E-state index contributed by atoms with van der Waals surface area (Å²) in [6.45, 7) is 7.94. The highest BCUT2D eigenvalue weighted by Gasteiger charge is 2.45. The van der Waals surface area contributed by atoms with Gasteiger partial charge in [0.05, 0.1) is 11.6 Å². The van der Waals surface area contributed by atoms with Crippen molar-refractivity contribution in [3.8, 4) is 0 Å². The van der Waals surface area contributed by atoms with Gasteiger partial charge in [0.15, 0.2) is 0 Å². The summed E-state index contributed by atoms with van der Waals surface area (Å²) in [6.07, 6.45) is 4.25. The first-order valence-electron chi connectivity index (χ1n) is 8.77. The van der Waals surface area contributed by atoms with E-state index in [0.29, 0.717) is 18.8 Å². The van der Waals surface area contributed by atoms with Crippen molar-refractivity contribution in [2.45, 2.75) is 64.1 Å². The van der Waals surface area contributed by atoms with Crippen molar-refractivity contribution in [1.29, 1.82) is 0 Å². The van der Waals surface area contributed by atoms with Gasteiger partial charge in [-0.2, -0.15) is 0 Å². The second-order valence-corrected chi connectivity index (χ2v) is 8.03. The zero-order valence-electron chi connectivity index (χ0n) is 15.0. The third-order valence-corrected chi connectivity index (χ3v) is 5.42. The summed E-state index contributed by atoms with van der Waals surface area (Å²) in [5.41, 5.74) is 1.96. The number of nitrogens with one attached hydrogen (secondary N) is 2. The lowest BCUT2D eigenvalue weighted by Crippen LogP contribution is -2.57. The van der Waals surface area contributed by atoms with Crippen molar-refractivity contribution < 1.29 is 9.90 Å². The van der Waals surface area contributed by atoms with Gasteiger partial charge >= 0.3 is 0 Å². The molecular weight excluding hydrogens is 300 g/mol. The van der Waals surface area contributed by atoms with E-state index in [1.54, 1.807) is 0 Å². The van der Waals surface area contributed by atoms with Crippen LogP contribution in [0.1, 0.15) is 45.6 Å². The first kappa shape index (κ1) is 17.0. The van der Waals surface area contributed by atoms with Crippen LogP contribution in [0.5, 0.6) is 0 Å². The van der Waals surface area contributed by atoms with E-state index in [4.69, 9.17) is 0 Å². The standard InChI is InChI=1S/C20H28N2O2/c1-13-7-5-6-8-16(13)22-19(3,4)18(23)21-17-12-20(24)10-9-15(17)14(2)11-20/h5-9,14,17,22,24H,10-12H2,1-4H3,(H,21,23)/t14-,17?,20-/m1/s1. The largest absolute Gasteiger partial charge is 0.389 e. The summed E-state index contributed by atoms with van der Waals surface area (Å²) >= 11 is 0. The number of fused-ring (bicyclic) bond motifs is 3. The van der Waals surface area contributed by atoms with E-state index in [-0.39, 0.29) is 11.9 Å². The number of carbonyl (C=O) groups is 1. The number of hydrogen-bond donors (Lipinski definition) is 3. The molecule has 3 aliphatic carbocycles. The fourth-order valence-corrected chi connectivity index (χ4v) is 4.01. The Bertz CT molecular complexity index is 680. The number of hydrogen-bond acceptors (Lipinski definition) is 3. The molecule has 1 aromatic carbocycles. The molecule has 0 saturated heterocycles. The summed E-state index contributed by atoms with van der Waals surface area (Å²) < 4.78 is 0. The Labute approximate surface area is 144 Å². The number of rotatable bonds is 4. The van der Waals surface area contributed by atoms with Crippen LogP contribution in [-0.2, 0) is 4.79 Å².